The van der Waals surface area contributed by atoms with Crippen molar-refractivity contribution in [2.75, 3.05) is 13.2 Å². The molecule has 6 heteroatoms. The highest BCUT2D eigenvalue weighted by molar-refractivity contribution is 5.76. The fourth-order valence-electron chi connectivity index (χ4n) is 12.0. The van der Waals surface area contributed by atoms with Crippen molar-refractivity contribution in [3.05, 3.63) is 36.5 Å². The number of carbonyl (C=O) groups excluding carboxylic acids is 2. The van der Waals surface area contributed by atoms with Crippen molar-refractivity contribution < 1.29 is 24.5 Å². The van der Waals surface area contributed by atoms with E-state index >= 15 is 0 Å². The maximum absolute atomic E-state index is 12.5. The van der Waals surface area contributed by atoms with Crippen molar-refractivity contribution in [2.45, 2.75) is 437 Å². The zero-order valence-corrected chi connectivity index (χ0v) is 56.9. The quantitative estimate of drug-likeness (QED) is 0.0320. The Labute approximate surface area is 525 Å². The summed E-state index contributed by atoms with van der Waals surface area (Å²) in [4.78, 5) is 24.6. The van der Waals surface area contributed by atoms with Crippen LogP contribution in [0.5, 0.6) is 0 Å². The Hall–Kier alpha value is -1.92. The van der Waals surface area contributed by atoms with Gasteiger partial charge in [-0.3, -0.25) is 9.59 Å². The van der Waals surface area contributed by atoms with Crippen LogP contribution in [0, 0.1) is 0 Å². The lowest BCUT2D eigenvalue weighted by Crippen LogP contribution is -2.45. The second kappa shape index (κ2) is 73.5. The van der Waals surface area contributed by atoms with Gasteiger partial charge in [0.2, 0.25) is 5.91 Å². The van der Waals surface area contributed by atoms with E-state index in [1.165, 1.54) is 353 Å². The van der Waals surface area contributed by atoms with Gasteiger partial charge in [0, 0.05) is 12.8 Å². The minimum absolute atomic E-state index is 0.00994. The molecule has 0 fully saturated rings. The molecule has 0 spiro atoms. The van der Waals surface area contributed by atoms with E-state index in [-0.39, 0.29) is 18.5 Å². The Kier molecular flexibility index (Phi) is 71.9. The summed E-state index contributed by atoms with van der Waals surface area (Å²) in [5, 5.41) is 23.3. The molecule has 0 aliphatic carbocycles. The first kappa shape index (κ1) is 82.1. The summed E-state index contributed by atoms with van der Waals surface area (Å²) >= 11 is 0. The fraction of sp³-hybridized carbons (Fsp3) is 0.897. The Morgan fingerprint density at radius 1 is 0.321 bits per heavy atom. The van der Waals surface area contributed by atoms with Gasteiger partial charge >= 0.3 is 5.97 Å². The molecule has 0 heterocycles. The summed E-state index contributed by atoms with van der Waals surface area (Å²) in [6, 6.07) is -0.627. The molecule has 0 aliphatic heterocycles. The summed E-state index contributed by atoms with van der Waals surface area (Å²) in [6.07, 6.45) is 95.4. The van der Waals surface area contributed by atoms with E-state index < -0.39 is 12.1 Å². The van der Waals surface area contributed by atoms with E-state index in [9.17, 15) is 19.8 Å². The molecule has 3 N–H and O–H groups in total. The average Bonchev–Trinajstić information content (AvgIpc) is 3.51. The fourth-order valence-corrected chi connectivity index (χ4v) is 12.0. The van der Waals surface area contributed by atoms with Gasteiger partial charge in [0.05, 0.1) is 25.4 Å². The van der Waals surface area contributed by atoms with Crippen LogP contribution in [-0.2, 0) is 14.3 Å². The molecule has 84 heavy (non-hydrogen) atoms. The highest BCUT2D eigenvalue weighted by Gasteiger charge is 2.18. The number of hydrogen-bond donors (Lipinski definition) is 3. The zero-order valence-electron chi connectivity index (χ0n) is 56.9. The lowest BCUT2D eigenvalue weighted by molar-refractivity contribution is -0.143. The molecule has 6 nitrogen and oxygen atoms in total. The predicted octanol–water partition coefficient (Wildman–Crippen LogP) is 25.0. The largest absolute Gasteiger partial charge is 0.466 e. The van der Waals surface area contributed by atoms with Crippen LogP contribution >= 0.6 is 0 Å². The number of carbonyl (C=O) groups is 2. The summed E-state index contributed by atoms with van der Waals surface area (Å²) in [7, 11) is 0. The highest BCUT2D eigenvalue weighted by Crippen LogP contribution is 2.19. The topological polar surface area (TPSA) is 95.9 Å². The molecular weight excluding hydrogens is 1030 g/mol. The molecule has 0 aliphatic rings. The van der Waals surface area contributed by atoms with Crippen molar-refractivity contribution >= 4 is 11.9 Å². The molecule has 0 aromatic rings. The number of nitrogens with one attached hydrogen (secondary N) is 1. The van der Waals surface area contributed by atoms with Crippen LogP contribution in [0.25, 0.3) is 0 Å². The van der Waals surface area contributed by atoms with Crippen LogP contribution in [0.15, 0.2) is 36.5 Å². The van der Waals surface area contributed by atoms with Crippen molar-refractivity contribution in [1.82, 2.24) is 5.32 Å². The molecule has 2 atom stereocenters. The lowest BCUT2D eigenvalue weighted by atomic mass is 10.0. The van der Waals surface area contributed by atoms with Crippen molar-refractivity contribution in [2.24, 2.45) is 0 Å². The Morgan fingerprint density at radius 3 is 0.845 bits per heavy atom. The Balaban J connectivity index is 3.38. The second-order valence-corrected chi connectivity index (χ2v) is 26.3. The standard InChI is InChI=1S/C78H149NO5/c1-3-5-7-9-11-13-15-17-19-20-21-34-37-40-43-46-50-54-58-62-66-70-76(81)75(74-80)79-77(82)71-67-63-59-55-51-47-44-41-38-35-32-30-28-26-24-22-23-25-27-29-31-33-36-39-42-45-49-53-57-61-65-69-73-84-78(83)72-68-64-60-56-52-48-18-16-14-12-10-8-6-4-2/h16,18,25,27,66,70,75-76,80-81H,3-15,17,19-24,26,28-65,67-69,71-74H2,1-2H3,(H,79,82)/b18-16-,27-25-,70-66+. The molecule has 496 valence electrons. The normalized spacial score (nSPS) is 12.7. The van der Waals surface area contributed by atoms with E-state index in [1.807, 2.05) is 6.08 Å². The number of amides is 1. The average molecular weight is 1180 g/mol. The first-order chi connectivity index (χ1) is 41.5. The minimum Gasteiger partial charge on any atom is -0.466 e. The van der Waals surface area contributed by atoms with Gasteiger partial charge in [0.25, 0.3) is 0 Å². The van der Waals surface area contributed by atoms with Crippen molar-refractivity contribution in [3.8, 4) is 0 Å². The van der Waals surface area contributed by atoms with E-state index in [4.69, 9.17) is 4.74 Å². The molecule has 0 aromatic heterocycles. The number of esters is 1. The van der Waals surface area contributed by atoms with Crippen LogP contribution in [-0.4, -0.2) is 47.4 Å². The summed E-state index contributed by atoms with van der Waals surface area (Å²) < 4.78 is 5.49. The van der Waals surface area contributed by atoms with Gasteiger partial charge in [-0.15, -0.1) is 0 Å². The molecule has 0 saturated carbocycles. The van der Waals surface area contributed by atoms with Gasteiger partial charge in [0.1, 0.15) is 0 Å². The number of hydrogen-bond acceptors (Lipinski definition) is 5. The highest BCUT2D eigenvalue weighted by atomic mass is 16.5. The molecule has 0 radical (unpaired) electrons. The summed E-state index contributed by atoms with van der Waals surface area (Å²) in [6.45, 7) is 4.93. The number of aliphatic hydroxyl groups is 2. The van der Waals surface area contributed by atoms with Crippen molar-refractivity contribution in [3.63, 3.8) is 0 Å². The van der Waals surface area contributed by atoms with Gasteiger partial charge < -0.3 is 20.3 Å². The third-order valence-corrected chi connectivity index (χ3v) is 17.9. The van der Waals surface area contributed by atoms with Crippen LogP contribution in [0.2, 0.25) is 0 Å². The number of ether oxygens (including phenoxy) is 1. The van der Waals surface area contributed by atoms with E-state index in [0.29, 0.717) is 19.4 Å². The molecule has 2 unspecified atom stereocenters. The van der Waals surface area contributed by atoms with Crippen LogP contribution in [0.4, 0.5) is 0 Å². The number of unbranched alkanes of at least 4 members (excludes halogenated alkanes) is 57. The molecule has 0 aromatic carbocycles. The van der Waals surface area contributed by atoms with E-state index in [1.54, 1.807) is 6.08 Å². The van der Waals surface area contributed by atoms with Crippen LogP contribution in [0.1, 0.15) is 425 Å². The molecule has 0 saturated heterocycles. The van der Waals surface area contributed by atoms with E-state index in [2.05, 4.69) is 43.5 Å². The number of aliphatic hydroxyl groups excluding tert-OH is 2. The predicted molar refractivity (Wildman–Crippen MR) is 370 cm³/mol. The summed E-state index contributed by atoms with van der Waals surface area (Å²) in [5.74, 6) is -0.0512. The first-order valence-electron chi connectivity index (χ1n) is 38.3. The maximum Gasteiger partial charge on any atom is 0.305 e. The third-order valence-electron chi connectivity index (χ3n) is 17.9. The SMILES string of the molecule is CCCCCCC/C=C\CCCCCCCC(=O)OCCCCCCCCCCCCCC/C=C\CCCCCCCCCCCCCCCCCCC(=O)NC(CO)C(O)/C=C/CCCCCCCCCCCCCCCCCCCCC. The summed E-state index contributed by atoms with van der Waals surface area (Å²) in [5.41, 5.74) is 0. The third kappa shape index (κ3) is 69.2. The van der Waals surface area contributed by atoms with Gasteiger partial charge in [-0.25, -0.2) is 0 Å². The minimum atomic E-state index is -0.844. The maximum atomic E-state index is 12.5. The van der Waals surface area contributed by atoms with Crippen LogP contribution in [0.3, 0.4) is 0 Å². The molecule has 1 amide bonds. The molecule has 0 rings (SSSR count). The van der Waals surface area contributed by atoms with Gasteiger partial charge in [-0.1, -0.05) is 365 Å². The number of rotatable bonds is 72. The second-order valence-electron chi connectivity index (χ2n) is 26.3. The van der Waals surface area contributed by atoms with Crippen molar-refractivity contribution in [1.29, 1.82) is 0 Å². The smallest absolute Gasteiger partial charge is 0.305 e. The van der Waals surface area contributed by atoms with Gasteiger partial charge in [-0.2, -0.15) is 0 Å². The van der Waals surface area contributed by atoms with Crippen LogP contribution < -0.4 is 5.32 Å². The first-order valence-corrected chi connectivity index (χ1v) is 38.3. The Morgan fingerprint density at radius 2 is 0.560 bits per heavy atom. The van der Waals surface area contributed by atoms with E-state index in [0.717, 1.165) is 44.9 Å². The lowest BCUT2D eigenvalue weighted by Gasteiger charge is -2.20. The zero-order chi connectivity index (χ0) is 60.6. The molecular formula is C78H149NO5. The van der Waals surface area contributed by atoms with Gasteiger partial charge in [-0.05, 0) is 83.5 Å². The monoisotopic (exact) mass is 1180 g/mol. The Bertz CT molecular complexity index is 1360. The number of allylic oxidation sites excluding steroid dienone is 5. The molecule has 0 bridgehead atoms. The van der Waals surface area contributed by atoms with Gasteiger partial charge in [0.15, 0.2) is 0 Å².